The lowest BCUT2D eigenvalue weighted by Crippen LogP contribution is -2.61. The van der Waals surface area contributed by atoms with E-state index in [4.69, 9.17) is 78.4 Å². The predicted molar refractivity (Wildman–Crippen MR) is 487 cm³/mol. The van der Waals surface area contributed by atoms with Gasteiger partial charge in [-0.2, -0.15) is 5.10 Å². The zero-order valence-corrected chi connectivity index (χ0v) is 77.4. The molecule has 4 amide bonds. The maximum absolute atomic E-state index is 14.8. The first-order valence-electron chi connectivity index (χ1n) is 46.0. The summed E-state index contributed by atoms with van der Waals surface area (Å²) in [4.78, 5) is 151. The molecule has 0 unspecified atom stereocenters. The van der Waals surface area contributed by atoms with E-state index in [1.807, 2.05) is 81.2 Å². The number of piperidine rings is 1. The van der Waals surface area contributed by atoms with Crippen LogP contribution in [0.3, 0.4) is 0 Å². The number of amides is 4. The number of allylic oxidation sites excluding steroid dienone is 6. The number of carbonyl (C=O) groups excluding carboxylic acids is 8. The van der Waals surface area contributed by atoms with Crippen LogP contribution in [0.5, 0.6) is 0 Å². The van der Waals surface area contributed by atoms with Gasteiger partial charge in [-0.25, -0.2) is 49.2 Å². The number of anilines is 3. The number of pyridine rings is 1. The highest BCUT2D eigenvalue weighted by molar-refractivity contribution is 6.39. The molecule has 714 valence electrons. The van der Waals surface area contributed by atoms with E-state index in [1.165, 1.54) is 26.3 Å². The molecular weight excluding hydrogens is 1690 g/mol. The lowest BCUT2D eigenvalue weighted by Gasteiger charge is -2.42. The van der Waals surface area contributed by atoms with Crippen LogP contribution in [0.25, 0.3) is 44.6 Å². The van der Waals surface area contributed by atoms with E-state index in [9.17, 15) is 53.7 Å². The van der Waals surface area contributed by atoms with Crippen LogP contribution in [0.4, 0.5) is 22.5 Å². The van der Waals surface area contributed by atoms with Gasteiger partial charge in [0.05, 0.1) is 82.2 Å². The van der Waals surface area contributed by atoms with Gasteiger partial charge in [0.15, 0.2) is 11.4 Å². The SMILES string of the molecule is CO[C@H]1C[C@@H]2CC[C@@H](C)[C@@](O)(O2)C(=O)C(=O)N2CCCC[C@H]2C(=O)O[C@H]([C@H](C)C[C@@H]2CC[C@@H](OC(=O)NCc3cnc(N4CCN(c5ncc(C)c(-c6c[nH]c7ncc(-c8nn(CCCCNC(=O)CCOCCOCCOCCOCCNC(C)=O)c9ncnc(N)c89)cc67)n5)CC4)nc3)[C@H](OC)C2)CC(=O)[C@H](C)/C=C(\C)[C@@H](O)[C@@H](O)C(=O)[C@H](C)C[C@H](C)/C=C/C=C/C=C/1C. The topological polar surface area (TPSA) is 476 Å². The van der Waals surface area contributed by atoms with E-state index in [2.05, 4.69) is 40.7 Å². The number of aliphatic hydroxyl groups excluding tert-OH is 2. The highest BCUT2D eigenvalue weighted by Crippen LogP contribution is 2.41. The number of unbranched alkanes of at least 4 members (excludes halogenated alkanes) is 1. The van der Waals surface area contributed by atoms with Gasteiger partial charge in [0.1, 0.15) is 59.7 Å². The van der Waals surface area contributed by atoms with Crippen molar-refractivity contribution in [1.29, 1.82) is 0 Å². The number of ether oxygens (including phenoxy) is 9. The second-order valence-corrected chi connectivity index (χ2v) is 35.3. The van der Waals surface area contributed by atoms with Gasteiger partial charge in [0.25, 0.3) is 11.7 Å². The van der Waals surface area contributed by atoms with Crippen molar-refractivity contribution < 1.29 is 96.3 Å². The number of hydrogen-bond donors (Lipinski definition) is 8. The molecule has 0 radical (unpaired) electrons. The van der Waals surface area contributed by atoms with Crippen molar-refractivity contribution in [3.05, 3.63) is 102 Å². The molecular formula is C94H133N17O20. The quantitative estimate of drug-likeness (QED) is 0.00855. The molecule has 9 N–H and O–H groups in total. The lowest BCUT2D eigenvalue weighted by molar-refractivity contribution is -0.265. The molecule has 6 aromatic heterocycles. The van der Waals surface area contributed by atoms with Crippen molar-refractivity contribution in [1.82, 2.24) is 70.5 Å². The molecule has 4 aliphatic heterocycles. The number of hydrogen-bond acceptors (Lipinski definition) is 31. The summed E-state index contributed by atoms with van der Waals surface area (Å²) in [5.41, 5.74) is 13.1. The van der Waals surface area contributed by atoms with Crippen LogP contribution in [-0.4, -0.2) is 284 Å². The van der Waals surface area contributed by atoms with E-state index in [0.717, 1.165) is 32.7 Å². The largest absolute Gasteiger partial charge is 0.460 e. The molecule has 37 nitrogen and oxygen atoms in total. The molecule has 3 saturated heterocycles. The smallest absolute Gasteiger partial charge is 0.407 e. The third-order valence-electron chi connectivity index (χ3n) is 25.4. The fourth-order valence-electron chi connectivity index (χ4n) is 17.6. The van der Waals surface area contributed by atoms with Gasteiger partial charge in [-0.05, 0) is 138 Å². The Bertz CT molecular complexity index is 4960. The van der Waals surface area contributed by atoms with Crippen LogP contribution < -0.4 is 31.5 Å². The van der Waals surface area contributed by atoms with Crippen molar-refractivity contribution >= 4 is 86.9 Å². The van der Waals surface area contributed by atoms with E-state index >= 15 is 0 Å². The summed E-state index contributed by atoms with van der Waals surface area (Å²) in [6.45, 7) is 22.5. The number of aromatic nitrogens is 10. The first kappa shape index (κ1) is 101. The number of aliphatic hydroxyl groups is 3. The summed E-state index contributed by atoms with van der Waals surface area (Å²) in [7, 11) is 3.10. The fraction of sp³-hybridized carbons (Fsp3) is 0.617. The van der Waals surface area contributed by atoms with Crippen molar-refractivity contribution in [3.8, 4) is 22.5 Å². The summed E-state index contributed by atoms with van der Waals surface area (Å²) < 4.78 is 54.3. The van der Waals surface area contributed by atoms with E-state index < -0.39 is 108 Å². The van der Waals surface area contributed by atoms with Crippen LogP contribution in [0.1, 0.15) is 163 Å². The Balaban J connectivity index is 0.653. The molecule has 5 aliphatic rings. The molecule has 0 aromatic carbocycles. The molecule has 1 saturated carbocycles. The summed E-state index contributed by atoms with van der Waals surface area (Å²) in [5.74, 6) is -8.29. The zero-order chi connectivity index (χ0) is 93.8. The summed E-state index contributed by atoms with van der Waals surface area (Å²) >= 11 is 0. The normalized spacial score (nSPS) is 26.6. The van der Waals surface area contributed by atoms with Crippen LogP contribution in [0.2, 0.25) is 0 Å². The Morgan fingerprint density at radius 1 is 0.718 bits per heavy atom. The Morgan fingerprint density at radius 2 is 1.43 bits per heavy atom. The maximum Gasteiger partial charge on any atom is 0.407 e. The molecule has 2 bridgehead atoms. The number of alkyl carbamates (subject to hydrolysis) is 1. The molecule has 11 rings (SSSR count). The minimum absolute atomic E-state index is 0.0195. The van der Waals surface area contributed by atoms with Gasteiger partial charge < -0.3 is 99.3 Å². The molecule has 6 aromatic rings. The number of cyclic esters (lactones) is 1. The fourth-order valence-corrected chi connectivity index (χ4v) is 17.6. The highest BCUT2D eigenvalue weighted by atomic mass is 16.6. The molecule has 131 heavy (non-hydrogen) atoms. The predicted octanol–water partition coefficient (Wildman–Crippen LogP) is 8.10. The third kappa shape index (κ3) is 27.8. The van der Waals surface area contributed by atoms with Crippen LogP contribution in [-0.2, 0) is 89.3 Å². The van der Waals surface area contributed by atoms with Crippen LogP contribution in [0, 0.1) is 42.4 Å². The highest BCUT2D eigenvalue weighted by Gasteiger charge is 2.53. The third-order valence-corrected chi connectivity index (χ3v) is 25.4. The second kappa shape index (κ2) is 49.3. The number of piperazine rings is 1. The summed E-state index contributed by atoms with van der Waals surface area (Å²) in [6, 6.07) is 0.772. The summed E-state index contributed by atoms with van der Waals surface area (Å²) in [5, 5.41) is 49.7. The number of nitrogens with one attached hydrogen (secondary N) is 4. The van der Waals surface area contributed by atoms with Crippen molar-refractivity contribution in [2.45, 2.75) is 226 Å². The van der Waals surface area contributed by atoms with E-state index in [-0.39, 0.29) is 86.2 Å². The van der Waals surface area contributed by atoms with Crippen molar-refractivity contribution in [2.24, 2.45) is 35.5 Å². The van der Waals surface area contributed by atoms with Crippen molar-refractivity contribution in [3.63, 3.8) is 0 Å². The van der Waals surface area contributed by atoms with E-state index in [1.54, 1.807) is 53.6 Å². The summed E-state index contributed by atoms with van der Waals surface area (Å²) in [6.07, 6.45) is 19.4. The standard InChI is InChI=1S/C94H133N17O20/c1-57-19-13-12-14-20-58(2)75(123-10)48-69-24-22-64(8)94(122,131-69)85(118)89(119)110-29-17-15-21-72(110)90(120)129-76(49-73(113)59(3)44-62(6)83(116)84(117)82(115)61(5)43-57)60(4)45-66-23-25-74(77(46-66)124-11)130-93(121)103-53-67-51-101-91(102-52-67)108-31-33-109(34-32-108)92-100-50-63(7)80(106-92)71-55-99-87-70(71)47-68(54-98-87)81-79-86(95)104-56-105-88(79)111(107-81)30-18-16-27-97-78(114)26-35-125-37-39-127-41-42-128-40-38-126-36-28-96-65(9)112/h12-14,19-20,44,47,50-52,54-57,59-61,64,66,69,72,74-77,83-84,116-117,122H,15-18,21-43,45-46,48-49,53H2,1-11H3,(H,96,112)(H,97,114)(H,98,99)(H,103,121)(H2,95,104,105)/b14-12+,19-13+,58-20+,62-44+/t57-,59-,60-,61-,64-,66+,69+,72+,74-,75+,76+,77-,83-,84+,94-/m1/s1. The first-order chi connectivity index (χ1) is 63.0. The number of ketones is 3. The average molecular weight is 1820 g/mol. The van der Waals surface area contributed by atoms with Gasteiger partial charge >= 0.3 is 12.1 Å². The number of methoxy groups -OCH3 is 2. The minimum Gasteiger partial charge on any atom is -0.460 e. The van der Waals surface area contributed by atoms with Crippen LogP contribution >= 0.6 is 0 Å². The number of carbonyl (C=O) groups is 8. The number of H-pyrrole nitrogens is 1. The monoisotopic (exact) mass is 1820 g/mol. The van der Waals surface area contributed by atoms with E-state index in [0.29, 0.717) is 208 Å². The zero-order valence-electron chi connectivity index (χ0n) is 77.4. The van der Waals surface area contributed by atoms with Gasteiger partial charge in [-0.15, -0.1) is 0 Å². The number of nitrogen functional groups attached to an aromatic ring is 1. The molecule has 1 aliphatic carbocycles. The average Bonchev–Trinajstić information content (AvgIpc) is 1.67. The molecule has 10 heterocycles. The number of Topliss-reactive ketones (excluding diaryl/α,β-unsaturated/α-hetero) is 3. The second-order valence-electron chi connectivity index (χ2n) is 35.3. The number of aromatic amines is 1. The van der Waals surface area contributed by atoms with Crippen LogP contribution in [0.15, 0.2) is 91.0 Å². The lowest BCUT2D eigenvalue weighted by atomic mass is 9.78. The molecule has 0 spiro atoms. The number of aryl methyl sites for hydroxylation is 2. The Morgan fingerprint density at radius 3 is 2.15 bits per heavy atom. The molecule has 4 fully saturated rings. The number of esters is 1. The van der Waals surface area contributed by atoms with Gasteiger partial charge in [0, 0.05) is 170 Å². The van der Waals surface area contributed by atoms with Gasteiger partial charge in [-0.3, -0.25) is 28.8 Å². The molecule has 37 heteroatoms. The number of nitrogens with zero attached hydrogens (tertiary/aromatic N) is 12. The Labute approximate surface area is 765 Å². The van der Waals surface area contributed by atoms with Gasteiger partial charge in [-0.1, -0.05) is 71.1 Å². The minimum atomic E-state index is -2.50. The van der Waals surface area contributed by atoms with Crippen molar-refractivity contribution in [2.75, 3.05) is 128 Å². The first-order valence-corrected chi connectivity index (χ1v) is 46.0. The number of rotatable bonds is 32. The Kier molecular flexibility index (Phi) is 38.0. The maximum atomic E-state index is 14.8. The Hall–Kier alpha value is -10.5. The number of nitrogens with two attached hydrogens (primary N) is 1. The number of fused-ring (bicyclic) bond motifs is 5. The molecule has 15 atom stereocenters. The van der Waals surface area contributed by atoms with Gasteiger partial charge in [0.2, 0.25) is 29.5 Å².